The number of fused-ring (bicyclic) bond motifs is 1. The number of nitrogens with zero attached hydrogens (tertiary/aromatic N) is 1. The molecule has 3 aromatic rings. The van der Waals surface area contributed by atoms with Crippen LogP contribution in [0.2, 0.25) is 0 Å². The van der Waals surface area contributed by atoms with Crippen LogP contribution >= 0.6 is 0 Å². The molecule has 1 aliphatic carbocycles. The van der Waals surface area contributed by atoms with Crippen LogP contribution in [0.15, 0.2) is 78.9 Å². The van der Waals surface area contributed by atoms with Crippen LogP contribution in [0.3, 0.4) is 0 Å². The predicted octanol–water partition coefficient (Wildman–Crippen LogP) is 5.74. The molecule has 0 spiro atoms. The van der Waals surface area contributed by atoms with Gasteiger partial charge in [0.1, 0.15) is 0 Å². The molecule has 0 saturated carbocycles. The standard InChI is InChI=1S/C26H29NO/c1-27(2)18-24-17-16-23-10-6-7-11-25(23)26(24)28-19-20-12-14-22(15-13-20)21-8-4-3-5-9-21/h3-15,24,26H,16-19H2,1-2H3. The van der Waals surface area contributed by atoms with Crippen molar-refractivity contribution in [1.29, 1.82) is 0 Å². The van der Waals surface area contributed by atoms with E-state index in [1.807, 2.05) is 0 Å². The van der Waals surface area contributed by atoms with E-state index in [4.69, 9.17) is 4.74 Å². The van der Waals surface area contributed by atoms with E-state index < -0.39 is 0 Å². The molecule has 0 saturated heterocycles. The lowest BCUT2D eigenvalue weighted by Gasteiger charge is -2.35. The molecule has 3 aromatic carbocycles. The van der Waals surface area contributed by atoms with Gasteiger partial charge in [0.25, 0.3) is 0 Å². The Bertz CT molecular complexity index is 886. The third kappa shape index (κ3) is 4.35. The molecule has 2 heteroatoms. The highest BCUT2D eigenvalue weighted by molar-refractivity contribution is 5.63. The van der Waals surface area contributed by atoms with Crippen molar-refractivity contribution in [3.05, 3.63) is 95.6 Å². The third-order valence-corrected chi connectivity index (χ3v) is 5.66. The first kappa shape index (κ1) is 18.9. The van der Waals surface area contributed by atoms with Crippen LogP contribution in [0.4, 0.5) is 0 Å². The number of ether oxygens (including phenoxy) is 1. The maximum atomic E-state index is 6.53. The van der Waals surface area contributed by atoms with Gasteiger partial charge in [0.2, 0.25) is 0 Å². The highest BCUT2D eigenvalue weighted by Gasteiger charge is 2.30. The van der Waals surface area contributed by atoms with E-state index in [1.165, 1.54) is 34.2 Å². The van der Waals surface area contributed by atoms with Gasteiger partial charge in [0.05, 0.1) is 12.7 Å². The van der Waals surface area contributed by atoms with E-state index in [0.717, 1.165) is 13.0 Å². The zero-order chi connectivity index (χ0) is 19.3. The molecular weight excluding hydrogens is 342 g/mol. The Balaban J connectivity index is 1.49. The summed E-state index contributed by atoms with van der Waals surface area (Å²) in [5.41, 5.74) is 6.55. The lowest BCUT2D eigenvalue weighted by Crippen LogP contribution is -2.31. The molecule has 2 nitrogen and oxygen atoms in total. The quantitative estimate of drug-likeness (QED) is 0.548. The minimum atomic E-state index is 0.168. The molecule has 0 bridgehead atoms. The Labute approximate surface area is 168 Å². The molecular formula is C26H29NO. The molecule has 28 heavy (non-hydrogen) atoms. The zero-order valence-electron chi connectivity index (χ0n) is 16.8. The van der Waals surface area contributed by atoms with Gasteiger partial charge in [0.15, 0.2) is 0 Å². The largest absolute Gasteiger partial charge is 0.369 e. The number of hydrogen-bond acceptors (Lipinski definition) is 2. The fourth-order valence-corrected chi connectivity index (χ4v) is 4.28. The second kappa shape index (κ2) is 8.72. The fraction of sp³-hybridized carbons (Fsp3) is 0.308. The lowest BCUT2D eigenvalue weighted by atomic mass is 9.81. The van der Waals surface area contributed by atoms with Crippen LogP contribution in [-0.2, 0) is 17.8 Å². The summed E-state index contributed by atoms with van der Waals surface area (Å²) < 4.78 is 6.53. The molecule has 0 fully saturated rings. The number of benzene rings is 3. The van der Waals surface area contributed by atoms with Crippen molar-refractivity contribution in [3.63, 3.8) is 0 Å². The van der Waals surface area contributed by atoms with Crippen LogP contribution < -0.4 is 0 Å². The summed E-state index contributed by atoms with van der Waals surface area (Å²) in [4.78, 5) is 2.28. The maximum absolute atomic E-state index is 6.53. The van der Waals surface area contributed by atoms with E-state index in [1.54, 1.807) is 0 Å². The molecule has 4 rings (SSSR count). The van der Waals surface area contributed by atoms with Gasteiger partial charge in [-0.15, -0.1) is 0 Å². The van der Waals surface area contributed by atoms with Crippen molar-refractivity contribution in [2.24, 2.45) is 5.92 Å². The van der Waals surface area contributed by atoms with Gasteiger partial charge in [-0.1, -0.05) is 78.9 Å². The average Bonchev–Trinajstić information content (AvgIpc) is 2.73. The maximum Gasteiger partial charge on any atom is 0.0872 e. The summed E-state index contributed by atoms with van der Waals surface area (Å²) >= 11 is 0. The lowest BCUT2D eigenvalue weighted by molar-refractivity contribution is -0.0162. The molecule has 0 aromatic heterocycles. The number of aryl methyl sites for hydroxylation is 1. The Morgan fingerprint density at radius 1 is 0.821 bits per heavy atom. The monoisotopic (exact) mass is 371 g/mol. The second-order valence-electron chi connectivity index (χ2n) is 8.05. The Morgan fingerprint density at radius 2 is 1.50 bits per heavy atom. The van der Waals surface area contributed by atoms with Gasteiger partial charge >= 0.3 is 0 Å². The van der Waals surface area contributed by atoms with Gasteiger partial charge < -0.3 is 9.64 Å². The van der Waals surface area contributed by atoms with E-state index >= 15 is 0 Å². The molecule has 1 aliphatic rings. The summed E-state index contributed by atoms with van der Waals surface area (Å²) in [5.74, 6) is 0.536. The fourth-order valence-electron chi connectivity index (χ4n) is 4.28. The van der Waals surface area contributed by atoms with Crippen molar-refractivity contribution in [1.82, 2.24) is 4.90 Å². The summed E-state index contributed by atoms with van der Waals surface area (Å²) in [6.45, 7) is 1.71. The van der Waals surface area contributed by atoms with Crippen LogP contribution in [0.1, 0.15) is 29.2 Å². The molecule has 0 aliphatic heterocycles. The molecule has 2 unspecified atom stereocenters. The topological polar surface area (TPSA) is 12.5 Å². The van der Waals surface area contributed by atoms with E-state index in [9.17, 15) is 0 Å². The van der Waals surface area contributed by atoms with Crippen LogP contribution in [-0.4, -0.2) is 25.5 Å². The van der Waals surface area contributed by atoms with Crippen LogP contribution in [0, 0.1) is 5.92 Å². The highest BCUT2D eigenvalue weighted by atomic mass is 16.5. The normalized spacial score (nSPS) is 18.8. The summed E-state index contributed by atoms with van der Waals surface area (Å²) in [5, 5.41) is 0. The summed E-state index contributed by atoms with van der Waals surface area (Å²) in [7, 11) is 4.31. The second-order valence-corrected chi connectivity index (χ2v) is 8.05. The van der Waals surface area contributed by atoms with Gasteiger partial charge in [-0.2, -0.15) is 0 Å². The smallest absolute Gasteiger partial charge is 0.0872 e. The van der Waals surface area contributed by atoms with Crippen molar-refractivity contribution in [2.45, 2.75) is 25.6 Å². The van der Waals surface area contributed by atoms with Gasteiger partial charge in [-0.25, -0.2) is 0 Å². The number of rotatable bonds is 6. The first-order chi connectivity index (χ1) is 13.7. The first-order valence-electron chi connectivity index (χ1n) is 10.2. The molecule has 0 N–H and O–H groups in total. The summed E-state index contributed by atoms with van der Waals surface area (Å²) in [6, 6.07) is 28.1. The Kier molecular flexibility index (Phi) is 5.90. The van der Waals surface area contributed by atoms with E-state index in [0.29, 0.717) is 12.5 Å². The van der Waals surface area contributed by atoms with E-state index in [-0.39, 0.29) is 6.10 Å². The van der Waals surface area contributed by atoms with Crippen molar-refractivity contribution >= 4 is 0 Å². The van der Waals surface area contributed by atoms with Crippen LogP contribution in [0.5, 0.6) is 0 Å². The van der Waals surface area contributed by atoms with Crippen molar-refractivity contribution in [3.8, 4) is 11.1 Å². The zero-order valence-corrected chi connectivity index (χ0v) is 16.8. The summed E-state index contributed by atoms with van der Waals surface area (Å²) in [6.07, 6.45) is 2.51. The molecule has 0 radical (unpaired) electrons. The van der Waals surface area contributed by atoms with E-state index in [2.05, 4.69) is 97.9 Å². The third-order valence-electron chi connectivity index (χ3n) is 5.66. The van der Waals surface area contributed by atoms with Gasteiger partial charge in [-0.3, -0.25) is 0 Å². The predicted molar refractivity (Wildman–Crippen MR) is 116 cm³/mol. The first-order valence-corrected chi connectivity index (χ1v) is 10.2. The molecule has 0 amide bonds. The van der Waals surface area contributed by atoms with Crippen molar-refractivity contribution in [2.75, 3.05) is 20.6 Å². The molecule has 0 heterocycles. The Hall–Kier alpha value is -2.42. The molecule has 144 valence electrons. The highest BCUT2D eigenvalue weighted by Crippen LogP contribution is 2.38. The minimum absolute atomic E-state index is 0.168. The SMILES string of the molecule is CN(C)CC1CCc2ccccc2C1OCc1ccc(-c2ccccc2)cc1. The van der Waals surface area contributed by atoms with Crippen molar-refractivity contribution < 1.29 is 4.74 Å². The van der Waals surface area contributed by atoms with Gasteiger partial charge in [0, 0.05) is 12.5 Å². The molecule has 2 atom stereocenters. The average molecular weight is 372 g/mol. The Morgan fingerprint density at radius 3 is 2.25 bits per heavy atom. The van der Waals surface area contributed by atoms with Crippen LogP contribution in [0.25, 0.3) is 11.1 Å². The number of hydrogen-bond donors (Lipinski definition) is 0. The van der Waals surface area contributed by atoms with Gasteiger partial charge in [-0.05, 0) is 54.8 Å². The minimum Gasteiger partial charge on any atom is -0.369 e.